The quantitative estimate of drug-likeness (QED) is 0.689. The van der Waals surface area contributed by atoms with Gasteiger partial charge in [-0.1, -0.05) is 0 Å². The van der Waals surface area contributed by atoms with Crippen LogP contribution in [-0.2, 0) is 0 Å². The first-order valence-corrected chi connectivity index (χ1v) is 5.70. The third kappa shape index (κ3) is 3.06. The molecule has 17 heavy (non-hydrogen) atoms. The van der Waals surface area contributed by atoms with Gasteiger partial charge in [-0.05, 0) is 28.9 Å². The summed E-state index contributed by atoms with van der Waals surface area (Å²) >= 11 is 3.01. The summed E-state index contributed by atoms with van der Waals surface area (Å²) in [5.74, 6) is -1.25. The largest absolute Gasteiger partial charge is 0.507 e. The summed E-state index contributed by atoms with van der Waals surface area (Å²) in [5, 5.41) is 9.71. The molecule has 0 heterocycles. The van der Waals surface area contributed by atoms with Crippen LogP contribution in [0.4, 0.5) is 4.39 Å². The van der Waals surface area contributed by atoms with E-state index in [1.807, 2.05) is 0 Å². The Labute approximate surface area is 108 Å². The van der Waals surface area contributed by atoms with Gasteiger partial charge in [0.25, 0.3) is 0 Å². The molecular formula is C12H13BrFNO2. The molecule has 1 rings (SSSR count). The van der Waals surface area contributed by atoms with Crippen LogP contribution < -0.4 is 0 Å². The molecule has 0 aliphatic rings. The number of phenols is 1. The molecular weight excluding hydrogens is 289 g/mol. The Morgan fingerprint density at radius 3 is 2.65 bits per heavy atom. The molecule has 92 valence electrons. The molecule has 0 atom stereocenters. The SMILES string of the molecule is Cc1c(O)c(C(=O)C=CN(C)C)cc(Br)c1F. The van der Waals surface area contributed by atoms with Gasteiger partial charge in [0.1, 0.15) is 11.6 Å². The number of carbonyl (C=O) groups is 1. The van der Waals surface area contributed by atoms with Gasteiger partial charge in [0.2, 0.25) is 0 Å². The van der Waals surface area contributed by atoms with Crippen LogP contribution in [0.5, 0.6) is 5.75 Å². The van der Waals surface area contributed by atoms with E-state index < -0.39 is 5.82 Å². The van der Waals surface area contributed by atoms with E-state index in [-0.39, 0.29) is 27.1 Å². The molecule has 0 saturated carbocycles. The molecule has 0 aliphatic heterocycles. The first kappa shape index (κ1) is 13.7. The fourth-order valence-corrected chi connectivity index (χ4v) is 1.76. The molecule has 1 N–H and O–H groups in total. The molecule has 0 radical (unpaired) electrons. The smallest absolute Gasteiger partial charge is 0.191 e. The zero-order chi connectivity index (χ0) is 13.2. The monoisotopic (exact) mass is 301 g/mol. The number of allylic oxidation sites excluding steroid dienone is 1. The van der Waals surface area contributed by atoms with Gasteiger partial charge in [0.05, 0.1) is 10.0 Å². The standard InChI is InChI=1S/C12H13BrFNO2/c1-7-11(14)9(13)6-8(12(7)17)10(16)4-5-15(2)3/h4-6,17H,1-3H3. The van der Waals surface area contributed by atoms with E-state index in [9.17, 15) is 14.3 Å². The molecule has 0 spiro atoms. The zero-order valence-corrected chi connectivity index (χ0v) is 11.4. The number of aromatic hydroxyl groups is 1. The second-order valence-corrected chi connectivity index (χ2v) is 4.69. The second kappa shape index (κ2) is 5.31. The Balaban J connectivity index is 3.20. The fraction of sp³-hybridized carbons (Fsp3) is 0.250. The maximum Gasteiger partial charge on any atom is 0.191 e. The van der Waals surface area contributed by atoms with E-state index in [0.29, 0.717) is 0 Å². The van der Waals surface area contributed by atoms with Crippen molar-refractivity contribution in [1.29, 1.82) is 0 Å². The van der Waals surface area contributed by atoms with Crippen molar-refractivity contribution in [2.24, 2.45) is 0 Å². The predicted octanol–water partition coefficient (Wildman–Crippen LogP) is 2.86. The van der Waals surface area contributed by atoms with E-state index in [2.05, 4.69) is 15.9 Å². The number of ketones is 1. The third-order valence-electron chi connectivity index (χ3n) is 2.21. The Morgan fingerprint density at radius 2 is 2.12 bits per heavy atom. The van der Waals surface area contributed by atoms with Crippen molar-refractivity contribution in [3.63, 3.8) is 0 Å². The number of rotatable bonds is 3. The number of hydrogen-bond donors (Lipinski definition) is 1. The number of halogens is 2. The lowest BCUT2D eigenvalue weighted by Crippen LogP contribution is -2.04. The minimum Gasteiger partial charge on any atom is -0.507 e. The van der Waals surface area contributed by atoms with E-state index in [4.69, 9.17) is 0 Å². The van der Waals surface area contributed by atoms with Crippen LogP contribution in [0.1, 0.15) is 15.9 Å². The molecule has 0 fully saturated rings. The van der Waals surface area contributed by atoms with Crippen LogP contribution in [0.15, 0.2) is 22.8 Å². The van der Waals surface area contributed by atoms with Gasteiger partial charge in [-0.3, -0.25) is 4.79 Å². The number of benzene rings is 1. The number of carbonyl (C=O) groups excluding carboxylic acids is 1. The van der Waals surface area contributed by atoms with Crippen LogP contribution in [0, 0.1) is 12.7 Å². The maximum absolute atomic E-state index is 13.4. The molecule has 1 aromatic rings. The topological polar surface area (TPSA) is 40.5 Å². The molecule has 3 nitrogen and oxygen atoms in total. The summed E-state index contributed by atoms with van der Waals surface area (Å²) in [5.41, 5.74) is 0.134. The molecule has 0 aliphatic carbocycles. The molecule has 0 bridgehead atoms. The normalized spacial score (nSPS) is 10.9. The lowest BCUT2D eigenvalue weighted by atomic mass is 10.1. The summed E-state index contributed by atoms with van der Waals surface area (Å²) in [6, 6.07) is 1.28. The summed E-state index contributed by atoms with van der Waals surface area (Å²) in [6.45, 7) is 1.42. The number of hydrogen-bond acceptors (Lipinski definition) is 3. The minimum absolute atomic E-state index is 0.0565. The van der Waals surface area contributed by atoms with Gasteiger partial charge in [-0.25, -0.2) is 4.39 Å². The maximum atomic E-state index is 13.4. The predicted molar refractivity (Wildman–Crippen MR) is 67.7 cm³/mol. The molecule has 1 aromatic carbocycles. The molecule has 0 unspecified atom stereocenters. The average molecular weight is 302 g/mol. The molecule has 0 saturated heterocycles. The summed E-state index contributed by atoms with van der Waals surface area (Å²) in [4.78, 5) is 13.5. The minimum atomic E-state index is -0.560. The van der Waals surface area contributed by atoms with E-state index >= 15 is 0 Å². The summed E-state index contributed by atoms with van der Waals surface area (Å²) in [6.07, 6.45) is 2.88. The molecule has 0 amide bonds. The third-order valence-corrected chi connectivity index (χ3v) is 2.79. The van der Waals surface area contributed by atoms with Gasteiger partial charge >= 0.3 is 0 Å². The number of phenolic OH excluding ortho intramolecular Hbond substituents is 1. The van der Waals surface area contributed by atoms with Crippen molar-refractivity contribution >= 4 is 21.7 Å². The van der Waals surface area contributed by atoms with Crippen LogP contribution in [0.2, 0.25) is 0 Å². The van der Waals surface area contributed by atoms with Crippen molar-refractivity contribution in [1.82, 2.24) is 4.90 Å². The fourth-order valence-electron chi connectivity index (χ4n) is 1.24. The Kier molecular flexibility index (Phi) is 4.28. The lowest BCUT2D eigenvalue weighted by Gasteiger charge is -2.08. The van der Waals surface area contributed by atoms with Gasteiger partial charge in [0.15, 0.2) is 5.78 Å². The van der Waals surface area contributed by atoms with Gasteiger partial charge in [-0.15, -0.1) is 0 Å². The first-order valence-electron chi connectivity index (χ1n) is 4.91. The highest BCUT2D eigenvalue weighted by atomic mass is 79.9. The van der Waals surface area contributed by atoms with Crippen LogP contribution in [-0.4, -0.2) is 29.9 Å². The zero-order valence-electron chi connectivity index (χ0n) is 9.79. The van der Waals surface area contributed by atoms with Crippen molar-refractivity contribution in [2.75, 3.05) is 14.1 Å². The second-order valence-electron chi connectivity index (χ2n) is 3.84. The van der Waals surface area contributed by atoms with Crippen molar-refractivity contribution in [3.8, 4) is 5.75 Å². The molecule has 5 heteroatoms. The van der Waals surface area contributed by atoms with E-state index in [0.717, 1.165) is 0 Å². The highest BCUT2D eigenvalue weighted by molar-refractivity contribution is 9.10. The highest BCUT2D eigenvalue weighted by Gasteiger charge is 2.16. The Morgan fingerprint density at radius 1 is 1.53 bits per heavy atom. The van der Waals surface area contributed by atoms with Crippen LogP contribution in [0.3, 0.4) is 0 Å². The average Bonchev–Trinajstić information content (AvgIpc) is 2.28. The van der Waals surface area contributed by atoms with Crippen molar-refractivity contribution < 1.29 is 14.3 Å². The van der Waals surface area contributed by atoms with Gasteiger partial charge < -0.3 is 10.0 Å². The van der Waals surface area contributed by atoms with Gasteiger partial charge in [0, 0.05) is 31.9 Å². The Hall–Kier alpha value is -1.36. The lowest BCUT2D eigenvalue weighted by molar-refractivity contribution is 0.104. The van der Waals surface area contributed by atoms with Gasteiger partial charge in [-0.2, -0.15) is 0 Å². The van der Waals surface area contributed by atoms with Crippen molar-refractivity contribution in [2.45, 2.75) is 6.92 Å². The van der Waals surface area contributed by atoms with E-state index in [1.54, 1.807) is 25.2 Å². The van der Waals surface area contributed by atoms with Crippen LogP contribution >= 0.6 is 15.9 Å². The van der Waals surface area contributed by atoms with Crippen molar-refractivity contribution in [3.05, 3.63) is 39.8 Å². The Bertz CT molecular complexity index is 484. The highest BCUT2D eigenvalue weighted by Crippen LogP contribution is 2.30. The first-order chi connectivity index (χ1) is 7.84. The van der Waals surface area contributed by atoms with E-state index in [1.165, 1.54) is 19.1 Å². The number of nitrogens with zero attached hydrogens (tertiary/aromatic N) is 1. The molecule has 0 aromatic heterocycles. The summed E-state index contributed by atoms with van der Waals surface area (Å²) in [7, 11) is 3.55. The van der Waals surface area contributed by atoms with Crippen LogP contribution in [0.25, 0.3) is 0 Å². The summed E-state index contributed by atoms with van der Waals surface area (Å²) < 4.78 is 13.6.